The third-order valence-corrected chi connectivity index (χ3v) is 4.98. The molecule has 0 nitrogen and oxygen atoms in total. The first kappa shape index (κ1) is 13.8. The van der Waals surface area contributed by atoms with E-state index in [-0.39, 0.29) is 0 Å². The fraction of sp³-hybridized carbons (Fsp3) is 0. The van der Waals surface area contributed by atoms with Crippen LogP contribution in [-0.2, 0) is 0 Å². The monoisotopic (exact) mass is 366 g/mol. The molecule has 0 amide bonds. The van der Waals surface area contributed by atoms with Gasteiger partial charge in [-0.05, 0) is 45.3 Å². The second kappa shape index (κ2) is 5.42. The first-order chi connectivity index (χ1) is 10.8. The summed E-state index contributed by atoms with van der Waals surface area (Å²) in [4.78, 5) is 0. The van der Waals surface area contributed by atoms with E-state index in [1.165, 1.54) is 21.5 Å². The molecular weight excluding hydrogens is 356 g/mol. The maximum absolute atomic E-state index is 6.49. The van der Waals surface area contributed by atoms with E-state index in [4.69, 9.17) is 11.6 Å². The van der Waals surface area contributed by atoms with Gasteiger partial charge in [-0.3, -0.25) is 0 Å². The predicted molar refractivity (Wildman–Crippen MR) is 99.6 cm³/mol. The molecule has 0 fully saturated rings. The van der Waals surface area contributed by atoms with E-state index in [2.05, 4.69) is 70.5 Å². The standard InChI is InChI=1S/C20H12BrCl/c21-18-10-5-11-19(22)20(18)17-12-13-6-1-2-7-14(13)15-8-3-4-9-16(15)17/h1-12H. The summed E-state index contributed by atoms with van der Waals surface area (Å²) in [5, 5.41) is 5.72. The van der Waals surface area contributed by atoms with Crippen molar-refractivity contribution in [2.45, 2.75) is 0 Å². The van der Waals surface area contributed by atoms with Crippen LogP contribution in [0.25, 0.3) is 32.7 Å². The predicted octanol–water partition coefficient (Wildman–Crippen LogP) is 7.08. The summed E-state index contributed by atoms with van der Waals surface area (Å²) in [7, 11) is 0. The lowest BCUT2D eigenvalue weighted by molar-refractivity contribution is 1.62. The van der Waals surface area contributed by atoms with E-state index in [1.807, 2.05) is 18.2 Å². The van der Waals surface area contributed by atoms with Gasteiger partial charge in [0.15, 0.2) is 0 Å². The molecule has 0 saturated carbocycles. The Bertz CT molecular complexity index is 985. The summed E-state index contributed by atoms with van der Waals surface area (Å²) in [6.45, 7) is 0. The number of hydrogen-bond acceptors (Lipinski definition) is 0. The van der Waals surface area contributed by atoms with Crippen molar-refractivity contribution in [1.29, 1.82) is 0 Å². The molecule has 2 heteroatoms. The second-order valence-electron chi connectivity index (χ2n) is 5.29. The molecule has 0 aromatic heterocycles. The van der Waals surface area contributed by atoms with Crippen LogP contribution in [0.4, 0.5) is 0 Å². The Morgan fingerprint density at radius 1 is 0.682 bits per heavy atom. The van der Waals surface area contributed by atoms with Gasteiger partial charge in [-0.2, -0.15) is 0 Å². The minimum atomic E-state index is 0.759. The van der Waals surface area contributed by atoms with Crippen LogP contribution < -0.4 is 0 Å². The summed E-state index contributed by atoms with van der Waals surface area (Å²) in [5.74, 6) is 0. The maximum atomic E-state index is 6.49. The minimum Gasteiger partial charge on any atom is -0.0836 e. The first-order valence-electron chi connectivity index (χ1n) is 7.10. The number of benzene rings is 4. The molecule has 4 aromatic carbocycles. The fourth-order valence-electron chi connectivity index (χ4n) is 3.02. The summed E-state index contributed by atoms with van der Waals surface area (Å²) < 4.78 is 1.01. The zero-order valence-electron chi connectivity index (χ0n) is 11.7. The van der Waals surface area contributed by atoms with Crippen LogP contribution in [0.3, 0.4) is 0 Å². The largest absolute Gasteiger partial charge is 0.0836 e. The van der Waals surface area contributed by atoms with Crippen molar-refractivity contribution in [2.24, 2.45) is 0 Å². The van der Waals surface area contributed by atoms with Gasteiger partial charge in [-0.25, -0.2) is 0 Å². The van der Waals surface area contributed by atoms with E-state index in [0.717, 1.165) is 20.6 Å². The molecule has 4 rings (SSSR count). The van der Waals surface area contributed by atoms with Gasteiger partial charge < -0.3 is 0 Å². The fourth-order valence-corrected chi connectivity index (χ4v) is 3.99. The van der Waals surface area contributed by atoms with Crippen LogP contribution in [0.2, 0.25) is 5.02 Å². The molecule has 106 valence electrons. The lowest BCUT2D eigenvalue weighted by Gasteiger charge is -2.13. The van der Waals surface area contributed by atoms with Gasteiger partial charge in [0, 0.05) is 15.1 Å². The molecule has 0 spiro atoms. The van der Waals surface area contributed by atoms with Gasteiger partial charge in [0.05, 0.1) is 0 Å². The highest BCUT2D eigenvalue weighted by Crippen LogP contribution is 2.41. The van der Waals surface area contributed by atoms with Crippen LogP contribution in [0.15, 0.2) is 77.3 Å². The van der Waals surface area contributed by atoms with Crippen molar-refractivity contribution in [3.05, 3.63) is 82.3 Å². The molecule has 0 saturated heterocycles. The van der Waals surface area contributed by atoms with Crippen molar-refractivity contribution in [3.63, 3.8) is 0 Å². The highest BCUT2D eigenvalue weighted by molar-refractivity contribution is 9.10. The molecule has 22 heavy (non-hydrogen) atoms. The summed E-state index contributed by atoms with van der Waals surface area (Å²) in [6, 6.07) is 25.1. The van der Waals surface area contributed by atoms with E-state index in [0.29, 0.717) is 0 Å². The first-order valence-corrected chi connectivity index (χ1v) is 8.27. The minimum absolute atomic E-state index is 0.759. The number of hydrogen-bond donors (Lipinski definition) is 0. The van der Waals surface area contributed by atoms with E-state index >= 15 is 0 Å². The molecule has 0 heterocycles. The Morgan fingerprint density at radius 3 is 2.14 bits per heavy atom. The maximum Gasteiger partial charge on any atom is 0.0495 e. The summed E-state index contributed by atoms with van der Waals surface area (Å²) in [6.07, 6.45) is 0. The Morgan fingerprint density at radius 2 is 1.36 bits per heavy atom. The average molecular weight is 368 g/mol. The molecule has 0 radical (unpaired) electrons. The molecule has 4 aromatic rings. The molecule has 0 bridgehead atoms. The molecule has 0 aliphatic rings. The molecule has 0 N–H and O–H groups in total. The van der Waals surface area contributed by atoms with Crippen LogP contribution in [-0.4, -0.2) is 0 Å². The lowest BCUT2D eigenvalue weighted by Crippen LogP contribution is -1.86. The highest BCUT2D eigenvalue weighted by Gasteiger charge is 2.13. The van der Waals surface area contributed by atoms with Crippen molar-refractivity contribution < 1.29 is 0 Å². The molecule has 0 atom stereocenters. The lowest BCUT2D eigenvalue weighted by atomic mass is 9.93. The van der Waals surface area contributed by atoms with Crippen LogP contribution in [0.5, 0.6) is 0 Å². The Hall–Kier alpha value is -1.83. The summed E-state index contributed by atoms with van der Waals surface area (Å²) >= 11 is 10.1. The molecule has 0 unspecified atom stereocenters. The van der Waals surface area contributed by atoms with Crippen LogP contribution >= 0.6 is 27.5 Å². The Labute approximate surface area is 142 Å². The van der Waals surface area contributed by atoms with E-state index in [1.54, 1.807) is 0 Å². The SMILES string of the molecule is Clc1cccc(Br)c1-c1cc2ccccc2c2ccccc12. The van der Waals surface area contributed by atoms with Crippen LogP contribution in [0.1, 0.15) is 0 Å². The Balaban J connectivity index is 2.21. The smallest absolute Gasteiger partial charge is 0.0495 e. The van der Waals surface area contributed by atoms with Gasteiger partial charge in [-0.1, -0.05) is 82.1 Å². The van der Waals surface area contributed by atoms with E-state index in [9.17, 15) is 0 Å². The third kappa shape index (κ3) is 2.13. The van der Waals surface area contributed by atoms with E-state index < -0.39 is 0 Å². The zero-order valence-corrected chi connectivity index (χ0v) is 14.0. The molecule has 0 aliphatic carbocycles. The summed E-state index contributed by atoms with van der Waals surface area (Å²) in [5.41, 5.74) is 2.21. The number of rotatable bonds is 1. The number of fused-ring (bicyclic) bond motifs is 3. The molecule has 0 aliphatic heterocycles. The number of halogens is 2. The van der Waals surface area contributed by atoms with Crippen molar-refractivity contribution >= 4 is 49.1 Å². The van der Waals surface area contributed by atoms with Crippen molar-refractivity contribution in [3.8, 4) is 11.1 Å². The third-order valence-electron chi connectivity index (χ3n) is 4.00. The topological polar surface area (TPSA) is 0 Å². The van der Waals surface area contributed by atoms with Crippen LogP contribution in [0, 0.1) is 0 Å². The Kier molecular flexibility index (Phi) is 3.40. The van der Waals surface area contributed by atoms with Gasteiger partial charge in [0.25, 0.3) is 0 Å². The van der Waals surface area contributed by atoms with Crippen molar-refractivity contribution in [2.75, 3.05) is 0 Å². The van der Waals surface area contributed by atoms with Gasteiger partial charge >= 0.3 is 0 Å². The second-order valence-corrected chi connectivity index (χ2v) is 6.55. The van der Waals surface area contributed by atoms with Crippen molar-refractivity contribution in [1.82, 2.24) is 0 Å². The normalized spacial score (nSPS) is 11.2. The quantitative estimate of drug-likeness (QED) is 0.315. The average Bonchev–Trinajstić information content (AvgIpc) is 2.55. The van der Waals surface area contributed by atoms with Gasteiger partial charge in [0.2, 0.25) is 0 Å². The zero-order chi connectivity index (χ0) is 15.1. The highest BCUT2D eigenvalue weighted by atomic mass is 79.9. The molecular formula is C20H12BrCl. The van der Waals surface area contributed by atoms with Gasteiger partial charge in [-0.15, -0.1) is 0 Å². The van der Waals surface area contributed by atoms with Gasteiger partial charge in [0.1, 0.15) is 0 Å².